The van der Waals surface area contributed by atoms with Gasteiger partial charge < -0.3 is 10.5 Å². The Bertz CT molecular complexity index is 533. The molecule has 0 aliphatic heterocycles. The van der Waals surface area contributed by atoms with E-state index in [0.29, 0.717) is 5.75 Å². The number of hydrogen-bond acceptors (Lipinski definition) is 5. The molecule has 0 spiro atoms. The lowest BCUT2D eigenvalue weighted by Crippen LogP contribution is -1.99. The van der Waals surface area contributed by atoms with E-state index in [1.54, 1.807) is 12.1 Å². The van der Waals surface area contributed by atoms with Crippen molar-refractivity contribution in [1.29, 1.82) is 5.26 Å². The van der Waals surface area contributed by atoms with E-state index in [1.165, 1.54) is 6.20 Å². The van der Waals surface area contributed by atoms with Gasteiger partial charge in [0, 0.05) is 0 Å². The summed E-state index contributed by atoms with van der Waals surface area (Å²) in [6.07, 6.45) is 1.33. The Morgan fingerprint density at radius 2 is 2.00 bits per heavy atom. The normalized spacial score (nSPS) is 9.44. The highest BCUT2D eigenvalue weighted by Crippen LogP contribution is 2.18. The lowest BCUT2D eigenvalue weighted by Gasteiger charge is -2.03. The van der Waals surface area contributed by atoms with Gasteiger partial charge in [-0.15, -0.1) is 0 Å². The summed E-state index contributed by atoms with van der Waals surface area (Å²) >= 11 is 0. The highest BCUT2D eigenvalue weighted by molar-refractivity contribution is 5.47. The smallest absolute Gasteiger partial charge is 0.323 e. The molecule has 5 nitrogen and oxygen atoms in total. The van der Waals surface area contributed by atoms with Crippen molar-refractivity contribution in [2.45, 2.75) is 0 Å². The van der Waals surface area contributed by atoms with Gasteiger partial charge in [0.05, 0.1) is 6.20 Å². The van der Waals surface area contributed by atoms with Crippen LogP contribution in [0.2, 0.25) is 0 Å². The molecule has 0 amide bonds. The molecule has 1 heterocycles. The van der Waals surface area contributed by atoms with Crippen LogP contribution in [0.5, 0.6) is 11.8 Å². The number of nitriles is 1. The monoisotopic (exact) mass is 212 g/mol. The number of benzene rings is 1. The van der Waals surface area contributed by atoms with Crippen molar-refractivity contribution < 1.29 is 4.74 Å². The van der Waals surface area contributed by atoms with Gasteiger partial charge >= 0.3 is 6.01 Å². The molecule has 0 saturated carbocycles. The maximum absolute atomic E-state index is 8.65. The molecule has 1 aromatic heterocycles. The van der Waals surface area contributed by atoms with Gasteiger partial charge in [0.1, 0.15) is 23.2 Å². The van der Waals surface area contributed by atoms with Crippen molar-refractivity contribution in [1.82, 2.24) is 9.97 Å². The van der Waals surface area contributed by atoms with Crippen molar-refractivity contribution in [3.8, 4) is 17.8 Å². The lowest BCUT2D eigenvalue weighted by molar-refractivity contribution is 0.442. The second kappa shape index (κ2) is 4.28. The Labute approximate surface area is 92.1 Å². The van der Waals surface area contributed by atoms with E-state index in [1.807, 2.05) is 24.3 Å². The van der Waals surface area contributed by atoms with E-state index in [0.717, 1.165) is 0 Å². The Morgan fingerprint density at radius 1 is 1.25 bits per heavy atom. The molecule has 16 heavy (non-hydrogen) atoms. The fourth-order valence-corrected chi connectivity index (χ4v) is 1.11. The van der Waals surface area contributed by atoms with Gasteiger partial charge in [-0.25, -0.2) is 4.98 Å². The van der Waals surface area contributed by atoms with Crippen LogP contribution in [0.25, 0.3) is 0 Å². The molecule has 0 bridgehead atoms. The number of hydrogen-bond donors (Lipinski definition) is 1. The Balaban J connectivity index is 2.24. The fourth-order valence-electron chi connectivity index (χ4n) is 1.11. The number of aromatic nitrogens is 2. The van der Waals surface area contributed by atoms with E-state index in [-0.39, 0.29) is 17.4 Å². The molecule has 5 heteroatoms. The number of ether oxygens (including phenoxy) is 1. The van der Waals surface area contributed by atoms with Crippen molar-refractivity contribution in [2.24, 2.45) is 0 Å². The first-order valence-electron chi connectivity index (χ1n) is 4.55. The minimum Gasteiger partial charge on any atom is -0.424 e. The summed E-state index contributed by atoms with van der Waals surface area (Å²) in [6, 6.07) is 11.1. The second-order valence-electron chi connectivity index (χ2n) is 2.98. The quantitative estimate of drug-likeness (QED) is 0.819. The summed E-state index contributed by atoms with van der Waals surface area (Å²) in [5.41, 5.74) is 5.77. The molecular weight excluding hydrogens is 204 g/mol. The zero-order valence-electron chi connectivity index (χ0n) is 8.29. The van der Waals surface area contributed by atoms with Gasteiger partial charge in [0.25, 0.3) is 0 Å². The molecule has 0 aliphatic carbocycles. The molecule has 0 atom stereocenters. The molecule has 0 radical (unpaired) electrons. The molecule has 2 rings (SSSR count). The van der Waals surface area contributed by atoms with Crippen molar-refractivity contribution >= 4 is 5.82 Å². The van der Waals surface area contributed by atoms with Crippen LogP contribution in [0.1, 0.15) is 5.56 Å². The number of anilines is 1. The predicted octanol–water partition coefficient (Wildman–Crippen LogP) is 1.72. The first-order valence-corrected chi connectivity index (χ1v) is 4.55. The van der Waals surface area contributed by atoms with E-state index in [9.17, 15) is 0 Å². The minimum absolute atomic E-state index is 0.114. The largest absolute Gasteiger partial charge is 0.424 e. The van der Waals surface area contributed by atoms with Gasteiger partial charge in [-0.3, -0.25) is 0 Å². The maximum Gasteiger partial charge on any atom is 0.323 e. The van der Waals surface area contributed by atoms with E-state index >= 15 is 0 Å². The number of rotatable bonds is 2. The molecule has 0 saturated heterocycles. The van der Waals surface area contributed by atoms with E-state index in [2.05, 4.69) is 9.97 Å². The summed E-state index contributed by atoms with van der Waals surface area (Å²) in [7, 11) is 0. The maximum atomic E-state index is 8.65. The van der Waals surface area contributed by atoms with Crippen LogP contribution >= 0.6 is 0 Å². The first-order chi connectivity index (χ1) is 7.79. The predicted molar refractivity (Wildman–Crippen MR) is 57.7 cm³/mol. The Morgan fingerprint density at radius 3 is 2.62 bits per heavy atom. The number of nitrogen functional groups attached to an aromatic ring is 1. The molecule has 2 aromatic rings. The Kier molecular flexibility index (Phi) is 2.65. The fraction of sp³-hybridized carbons (Fsp3) is 0. The SMILES string of the molecule is N#Cc1cnc(Oc2ccccc2)nc1N. The minimum atomic E-state index is 0.114. The van der Waals surface area contributed by atoms with E-state index < -0.39 is 0 Å². The van der Waals surface area contributed by atoms with Crippen LogP contribution in [-0.4, -0.2) is 9.97 Å². The highest BCUT2D eigenvalue weighted by Gasteiger charge is 2.04. The van der Waals surface area contributed by atoms with Crippen molar-refractivity contribution in [3.05, 3.63) is 42.1 Å². The molecule has 0 aliphatic rings. The van der Waals surface area contributed by atoms with E-state index in [4.69, 9.17) is 15.7 Å². The summed E-state index contributed by atoms with van der Waals surface area (Å²) in [5.74, 6) is 0.732. The molecule has 1 aromatic carbocycles. The Hall–Kier alpha value is -2.61. The van der Waals surface area contributed by atoms with Crippen LogP contribution < -0.4 is 10.5 Å². The lowest BCUT2D eigenvalue weighted by atomic mass is 10.3. The van der Waals surface area contributed by atoms with Crippen LogP contribution in [0.4, 0.5) is 5.82 Å². The topological polar surface area (TPSA) is 84.8 Å². The second-order valence-corrected chi connectivity index (χ2v) is 2.98. The number of para-hydroxylation sites is 1. The van der Waals surface area contributed by atoms with Crippen molar-refractivity contribution in [2.75, 3.05) is 5.73 Å². The summed E-state index contributed by atoms with van der Waals surface area (Å²) < 4.78 is 5.35. The third-order valence-electron chi connectivity index (χ3n) is 1.87. The van der Waals surface area contributed by atoms with Gasteiger partial charge in [-0.1, -0.05) is 18.2 Å². The molecule has 78 valence electrons. The average Bonchev–Trinajstić information content (AvgIpc) is 2.31. The van der Waals surface area contributed by atoms with Gasteiger partial charge in [-0.05, 0) is 12.1 Å². The van der Waals surface area contributed by atoms with Crippen LogP contribution in [-0.2, 0) is 0 Å². The molecule has 0 fully saturated rings. The summed E-state index contributed by atoms with van der Waals surface area (Å²) in [4.78, 5) is 7.73. The zero-order valence-corrected chi connectivity index (χ0v) is 8.29. The van der Waals surface area contributed by atoms with Gasteiger partial charge in [0.2, 0.25) is 0 Å². The molecular formula is C11H8N4O. The summed E-state index contributed by atoms with van der Waals surface area (Å²) in [5, 5.41) is 8.65. The average molecular weight is 212 g/mol. The third kappa shape index (κ3) is 2.07. The number of nitrogens with zero attached hydrogens (tertiary/aromatic N) is 3. The van der Waals surface area contributed by atoms with Gasteiger partial charge in [0.15, 0.2) is 0 Å². The molecule has 0 unspecified atom stereocenters. The van der Waals surface area contributed by atoms with Crippen LogP contribution in [0.15, 0.2) is 36.5 Å². The zero-order chi connectivity index (χ0) is 11.4. The van der Waals surface area contributed by atoms with Crippen LogP contribution in [0.3, 0.4) is 0 Å². The highest BCUT2D eigenvalue weighted by atomic mass is 16.5. The van der Waals surface area contributed by atoms with Crippen molar-refractivity contribution in [3.63, 3.8) is 0 Å². The van der Waals surface area contributed by atoms with Gasteiger partial charge in [-0.2, -0.15) is 10.2 Å². The third-order valence-corrected chi connectivity index (χ3v) is 1.87. The molecule has 2 N–H and O–H groups in total. The summed E-state index contributed by atoms with van der Waals surface area (Å²) in [6.45, 7) is 0. The standard InChI is InChI=1S/C11H8N4O/c12-6-8-7-14-11(15-10(8)13)16-9-4-2-1-3-5-9/h1-5,7H,(H2,13,14,15). The van der Waals surface area contributed by atoms with Crippen LogP contribution in [0, 0.1) is 11.3 Å². The number of nitrogens with two attached hydrogens (primary N) is 1. The first kappa shape index (κ1) is 9.93.